The maximum Gasteiger partial charge on any atom is 0.0456 e. The van der Waals surface area contributed by atoms with Crippen molar-refractivity contribution in [3.8, 4) is 0 Å². The van der Waals surface area contributed by atoms with E-state index >= 15 is 0 Å². The molecule has 1 nitrogen and oxygen atoms in total. The number of benzene rings is 1. The van der Waals surface area contributed by atoms with E-state index in [9.17, 15) is 0 Å². The second kappa shape index (κ2) is 6.97. The van der Waals surface area contributed by atoms with E-state index in [2.05, 4.69) is 47.1 Å². The summed E-state index contributed by atoms with van der Waals surface area (Å²) < 4.78 is 1.19. The summed E-state index contributed by atoms with van der Waals surface area (Å²) in [6.07, 6.45) is 5.66. The molecule has 0 aromatic heterocycles. The van der Waals surface area contributed by atoms with E-state index < -0.39 is 0 Å². The highest BCUT2D eigenvalue weighted by atomic mass is 79.9. The van der Waals surface area contributed by atoms with Gasteiger partial charge in [-0.25, -0.2) is 0 Å². The highest BCUT2D eigenvalue weighted by molar-refractivity contribution is 9.10. The molecular formula is C15H22BrNS. The predicted octanol–water partition coefficient (Wildman–Crippen LogP) is 4.76. The molecule has 1 aliphatic carbocycles. The number of nitrogens with two attached hydrogens (primary N) is 1. The molecule has 0 spiro atoms. The summed E-state index contributed by atoms with van der Waals surface area (Å²) in [7, 11) is 0. The maximum atomic E-state index is 6.18. The molecule has 2 N–H and O–H groups in total. The molecule has 0 saturated heterocycles. The highest BCUT2D eigenvalue weighted by Crippen LogP contribution is 2.39. The second-order valence-corrected chi connectivity index (χ2v) is 7.31. The summed E-state index contributed by atoms with van der Waals surface area (Å²) in [6.45, 7) is 2.12. The normalized spacial score (nSPS) is 19.9. The number of hydrogen-bond donors (Lipinski definition) is 1. The highest BCUT2D eigenvalue weighted by Gasteiger charge is 2.22. The van der Waals surface area contributed by atoms with Crippen LogP contribution in [0.15, 0.2) is 28.7 Å². The first-order chi connectivity index (χ1) is 8.68. The molecule has 1 aliphatic rings. The number of halogens is 1. The van der Waals surface area contributed by atoms with E-state index in [0.29, 0.717) is 5.25 Å². The molecule has 1 saturated carbocycles. The van der Waals surface area contributed by atoms with Crippen LogP contribution >= 0.6 is 27.7 Å². The molecule has 2 atom stereocenters. The minimum atomic E-state index is 0.190. The average Bonchev–Trinajstić information content (AvgIpc) is 2.84. The van der Waals surface area contributed by atoms with E-state index in [1.807, 2.05) is 11.8 Å². The largest absolute Gasteiger partial charge is 0.327 e. The molecule has 0 amide bonds. The summed E-state index contributed by atoms with van der Waals surface area (Å²) in [5.41, 5.74) is 7.52. The molecule has 0 bridgehead atoms. The third kappa shape index (κ3) is 3.75. The van der Waals surface area contributed by atoms with E-state index in [4.69, 9.17) is 5.73 Å². The lowest BCUT2D eigenvalue weighted by Crippen LogP contribution is -2.23. The molecule has 1 fully saturated rings. The average molecular weight is 328 g/mol. The van der Waals surface area contributed by atoms with Gasteiger partial charge in [-0.1, -0.05) is 47.0 Å². The van der Waals surface area contributed by atoms with Crippen molar-refractivity contribution in [2.45, 2.75) is 43.9 Å². The van der Waals surface area contributed by atoms with E-state index in [0.717, 1.165) is 5.92 Å². The van der Waals surface area contributed by atoms with Crippen molar-refractivity contribution >= 4 is 27.7 Å². The lowest BCUT2D eigenvalue weighted by Gasteiger charge is -2.23. The minimum Gasteiger partial charge on any atom is -0.327 e. The Morgan fingerprint density at radius 1 is 1.33 bits per heavy atom. The van der Waals surface area contributed by atoms with Crippen LogP contribution in [0.5, 0.6) is 0 Å². The molecule has 3 heteroatoms. The third-order valence-electron chi connectivity index (χ3n) is 3.68. The lowest BCUT2D eigenvalue weighted by atomic mass is 10.1. The van der Waals surface area contributed by atoms with Gasteiger partial charge in [0.1, 0.15) is 0 Å². The van der Waals surface area contributed by atoms with Crippen LogP contribution in [0.1, 0.15) is 43.4 Å². The zero-order valence-electron chi connectivity index (χ0n) is 10.9. The number of hydrogen-bond acceptors (Lipinski definition) is 2. The third-order valence-corrected chi connectivity index (χ3v) is 6.10. The fourth-order valence-corrected chi connectivity index (χ4v) is 4.83. The lowest BCUT2D eigenvalue weighted by molar-refractivity contribution is 0.618. The van der Waals surface area contributed by atoms with Crippen LogP contribution in [0.2, 0.25) is 0 Å². The van der Waals surface area contributed by atoms with Gasteiger partial charge in [0.25, 0.3) is 0 Å². The smallest absolute Gasteiger partial charge is 0.0456 e. The fraction of sp³-hybridized carbons (Fsp3) is 0.600. The Balaban J connectivity index is 2.01. The zero-order valence-corrected chi connectivity index (χ0v) is 13.3. The molecule has 0 aliphatic heterocycles. The molecule has 2 unspecified atom stereocenters. The van der Waals surface area contributed by atoms with Crippen molar-refractivity contribution in [3.05, 3.63) is 34.3 Å². The summed E-state index contributed by atoms with van der Waals surface area (Å²) in [5.74, 6) is 2.17. The molecular weight excluding hydrogens is 306 g/mol. The standard InChI is InChI=1S/C15H22BrNS/c1-11(17)15(13-8-4-5-9-14(13)16)18-10-12-6-2-3-7-12/h4-5,8-9,11-12,15H,2-3,6-7,10,17H2,1H3. The zero-order chi connectivity index (χ0) is 13.0. The van der Waals surface area contributed by atoms with E-state index in [1.54, 1.807) is 0 Å². The summed E-state index contributed by atoms with van der Waals surface area (Å²) in [4.78, 5) is 0. The van der Waals surface area contributed by atoms with Crippen LogP contribution < -0.4 is 5.73 Å². The molecule has 2 rings (SSSR count). The molecule has 1 aromatic rings. The first-order valence-corrected chi connectivity index (χ1v) is 8.64. The van der Waals surface area contributed by atoms with Crippen LogP contribution in [0.4, 0.5) is 0 Å². The van der Waals surface area contributed by atoms with Gasteiger partial charge in [-0.05, 0) is 43.1 Å². The van der Waals surface area contributed by atoms with Crippen molar-refractivity contribution in [2.24, 2.45) is 11.7 Å². The van der Waals surface area contributed by atoms with Crippen molar-refractivity contribution in [1.82, 2.24) is 0 Å². The predicted molar refractivity (Wildman–Crippen MR) is 84.9 cm³/mol. The Morgan fingerprint density at radius 3 is 2.61 bits per heavy atom. The van der Waals surface area contributed by atoms with Gasteiger partial charge >= 0.3 is 0 Å². The number of thioether (sulfide) groups is 1. The van der Waals surface area contributed by atoms with Gasteiger partial charge in [-0.15, -0.1) is 0 Å². The molecule has 18 heavy (non-hydrogen) atoms. The van der Waals surface area contributed by atoms with Gasteiger partial charge in [0, 0.05) is 15.8 Å². The van der Waals surface area contributed by atoms with E-state index in [1.165, 1.54) is 41.5 Å². The Kier molecular flexibility index (Phi) is 5.58. The van der Waals surface area contributed by atoms with Crippen LogP contribution in [0.25, 0.3) is 0 Å². The van der Waals surface area contributed by atoms with Crippen LogP contribution in [0.3, 0.4) is 0 Å². The van der Waals surface area contributed by atoms with Gasteiger partial charge in [0.15, 0.2) is 0 Å². The quantitative estimate of drug-likeness (QED) is 0.843. The van der Waals surface area contributed by atoms with Crippen LogP contribution in [-0.4, -0.2) is 11.8 Å². The molecule has 100 valence electrons. The van der Waals surface area contributed by atoms with Crippen molar-refractivity contribution in [2.75, 3.05) is 5.75 Å². The van der Waals surface area contributed by atoms with Crippen molar-refractivity contribution < 1.29 is 0 Å². The van der Waals surface area contributed by atoms with Gasteiger partial charge < -0.3 is 5.73 Å². The van der Waals surface area contributed by atoms with E-state index in [-0.39, 0.29) is 6.04 Å². The first kappa shape index (κ1) is 14.4. The number of rotatable bonds is 5. The van der Waals surface area contributed by atoms with Gasteiger partial charge in [-0.2, -0.15) is 11.8 Å². The van der Waals surface area contributed by atoms with Gasteiger partial charge in [0.2, 0.25) is 0 Å². The fourth-order valence-electron chi connectivity index (χ4n) is 2.65. The summed E-state index contributed by atoms with van der Waals surface area (Å²) in [6, 6.07) is 8.66. The topological polar surface area (TPSA) is 26.0 Å². The Bertz CT molecular complexity index is 375. The summed E-state index contributed by atoms with van der Waals surface area (Å²) in [5, 5.41) is 0.404. The first-order valence-electron chi connectivity index (χ1n) is 6.80. The van der Waals surface area contributed by atoms with Gasteiger partial charge in [0.05, 0.1) is 0 Å². The SMILES string of the molecule is CC(N)C(SCC1CCCC1)c1ccccc1Br. The Morgan fingerprint density at radius 2 is 2.00 bits per heavy atom. The Hall–Kier alpha value is 0.01000. The maximum absolute atomic E-state index is 6.18. The van der Waals surface area contributed by atoms with Gasteiger partial charge in [-0.3, -0.25) is 0 Å². The summed E-state index contributed by atoms with van der Waals surface area (Å²) >= 11 is 5.69. The second-order valence-electron chi connectivity index (χ2n) is 5.29. The monoisotopic (exact) mass is 327 g/mol. The molecule has 0 heterocycles. The molecule has 0 radical (unpaired) electrons. The van der Waals surface area contributed by atoms with Crippen molar-refractivity contribution in [1.29, 1.82) is 0 Å². The van der Waals surface area contributed by atoms with Crippen LogP contribution in [-0.2, 0) is 0 Å². The van der Waals surface area contributed by atoms with Crippen molar-refractivity contribution in [3.63, 3.8) is 0 Å². The molecule has 1 aromatic carbocycles. The minimum absolute atomic E-state index is 0.190. The van der Waals surface area contributed by atoms with Crippen LogP contribution in [0, 0.1) is 5.92 Å². The Labute approximate surface area is 123 Å².